The lowest BCUT2D eigenvalue weighted by Gasteiger charge is -2.16. The zero-order valence-corrected chi connectivity index (χ0v) is 14.1. The molecule has 0 spiro atoms. The zero-order chi connectivity index (χ0) is 16.3. The molecule has 118 valence electrons. The third-order valence-corrected chi connectivity index (χ3v) is 4.62. The van der Waals surface area contributed by atoms with Crippen LogP contribution in [0.15, 0.2) is 23.6 Å². The van der Waals surface area contributed by atoms with Crippen molar-refractivity contribution in [3.8, 4) is 11.3 Å². The number of carbonyl (C=O) groups excluding carboxylic acids is 1. The predicted octanol–water partition coefficient (Wildman–Crippen LogP) is 4.56. The van der Waals surface area contributed by atoms with Crippen molar-refractivity contribution < 1.29 is 13.6 Å². The van der Waals surface area contributed by atoms with E-state index in [1.165, 1.54) is 23.1 Å². The molecule has 0 aliphatic carbocycles. The third-order valence-electron chi connectivity index (χ3n) is 2.59. The van der Waals surface area contributed by atoms with E-state index in [4.69, 9.17) is 0 Å². The van der Waals surface area contributed by atoms with Gasteiger partial charge >= 0.3 is 0 Å². The van der Waals surface area contributed by atoms with Crippen LogP contribution >= 0.6 is 23.1 Å². The highest BCUT2D eigenvalue weighted by Crippen LogP contribution is 2.28. The van der Waals surface area contributed by atoms with Gasteiger partial charge in [0.2, 0.25) is 5.91 Å². The molecule has 7 heteroatoms. The Morgan fingerprint density at radius 2 is 2.09 bits per heavy atom. The summed E-state index contributed by atoms with van der Waals surface area (Å²) < 4.78 is 26.9. The Morgan fingerprint density at radius 1 is 1.36 bits per heavy atom. The third kappa shape index (κ3) is 4.78. The van der Waals surface area contributed by atoms with Crippen molar-refractivity contribution in [3.05, 3.63) is 35.2 Å². The summed E-state index contributed by atoms with van der Waals surface area (Å²) >= 11 is 2.70. The molecule has 1 aromatic heterocycles. The molecular weight excluding hydrogens is 326 g/mol. The summed E-state index contributed by atoms with van der Waals surface area (Å²) in [4.78, 5) is 16.0. The van der Waals surface area contributed by atoms with E-state index in [2.05, 4.69) is 10.3 Å². The van der Waals surface area contributed by atoms with Crippen LogP contribution in [-0.2, 0) is 4.79 Å². The lowest BCUT2D eigenvalue weighted by molar-refractivity contribution is -0.113. The van der Waals surface area contributed by atoms with Crippen LogP contribution in [0, 0.1) is 11.6 Å². The topological polar surface area (TPSA) is 42.0 Å². The van der Waals surface area contributed by atoms with Gasteiger partial charge in [-0.25, -0.2) is 13.8 Å². The van der Waals surface area contributed by atoms with E-state index in [0.29, 0.717) is 16.6 Å². The summed E-state index contributed by atoms with van der Waals surface area (Å²) in [5.41, 5.74) is 0.390. The average Bonchev–Trinajstić information content (AvgIpc) is 2.87. The van der Waals surface area contributed by atoms with Gasteiger partial charge < -0.3 is 5.32 Å². The molecule has 0 atom stereocenters. The number of carbonyl (C=O) groups is 1. The van der Waals surface area contributed by atoms with Crippen LogP contribution in [0.25, 0.3) is 11.3 Å². The van der Waals surface area contributed by atoms with E-state index in [9.17, 15) is 13.6 Å². The fraction of sp³-hybridized carbons (Fsp3) is 0.333. The molecule has 0 radical (unpaired) electrons. The molecule has 2 rings (SSSR count). The molecule has 0 fully saturated rings. The minimum absolute atomic E-state index is 0.00390. The molecule has 1 heterocycles. The van der Waals surface area contributed by atoms with Gasteiger partial charge in [0, 0.05) is 15.7 Å². The molecule has 0 bridgehead atoms. The van der Waals surface area contributed by atoms with Gasteiger partial charge in [0.1, 0.15) is 11.6 Å². The average molecular weight is 342 g/mol. The highest BCUT2D eigenvalue weighted by atomic mass is 32.2. The van der Waals surface area contributed by atoms with Crippen LogP contribution < -0.4 is 5.32 Å². The van der Waals surface area contributed by atoms with Crippen molar-refractivity contribution in [1.82, 2.24) is 4.98 Å². The number of anilines is 1. The Kier molecular flexibility index (Phi) is 5.18. The number of halogens is 2. The number of aromatic nitrogens is 1. The van der Waals surface area contributed by atoms with Crippen LogP contribution in [0.3, 0.4) is 0 Å². The monoisotopic (exact) mass is 342 g/mol. The number of hydrogen-bond acceptors (Lipinski definition) is 4. The van der Waals surface area contributed by atoms with Crippen molar-refractivity contribution >= 4 is 34.1 Å². The normalized spacial score (nSPS) is 11.5. The molecule has 0 unspecified atom stereocenters. The lowest BCUT2D eigenvalue weighted by atomic mass is 10.1. The van der Waals surface area contributed by atoms with Gasteiger partial charge in [-0.05, 0) is 18.2 Å². The molecule has 3 nitrogen and oxygen atoms in total. The molecule has 1 amide bonds. The highest BCUT2D eigenvalue weighted by molar-refractivity contribution is 8.01. The van der Waals surface area contributed by atoms with Gasteiger partial charge in [0.15, 0.2) is 5.13 Å². The van der Waals surface area contributed by atoms with Crippen molar-refractivity contribution in [1.29, 1.82) is 0 Å². The van der Waals surface area contributed by atoms with Gasteiger partial charge in [-0.3, -0.25) is 4.79 Å². The van der Waals surface area contributed by atoms with Crippen LogP contribution in [-0.4, -0.2) is 21.4 Å². The van der Waals surface area contributed by atoms with Crippen LogP contribution in [0.5, 0.6) is 0 Å². The Balaban J connectivity index is 2.05. The van der Waals surface area contributed by atoms with Crippen LogP contribution in [0.4, 0.5) is 13.9 Å². The van der Waals surface area contributed by atoms with Gasteiger partial charge in [-0.2, -0.15) is 0 Å². The van der Waals surface area contributed by atoms with Crippen LogP contribution in [0.1, 0.15) is 20.8 Å². The number of amides is 1. The Bertz CT molecular complexity index is 680. The van der Waals surface area contributed by atoms with Gasteiger partial charge in [-0.1, -0.05) is 20.8 Å². The second-order valence-electron chi connectivity index (χ2n) is 5.61. The summed E-state index contributed by atoms with van der Waals surface area (Å²) in [6.07, 6.45) is 0. The number of nitrogens with one attached hydrogen (secondary N) is 1. The fourth-order valence-electron chi connectivity index (χ4n) is 1.59. The Morgan fingerprint density at radius 3 is 2.77 bits per heavy atom. The second kappa shape index (κ2) is 6.75. The SMILES string of the molecule is CC(C)(C)SCC(=O)Nc1nc(-c2cc(F)ccc2F)cs1. The van der Waals surface area contributed by atoms with Gasteiger partial charge in [-0.15, -0.1) is 23.1 Å². The Hall–Kier alpha value is -1.47. The minimum atomic E-state index is -0.548. The van der Waals surface area contributed by atoms with E-state index in [0.717, 1.165) is 18.2 Å². The first-order valence-electron chi connectivity index (χ1n) is 6.59. The molecule has 0 aliphatic heterocycles. The van der Waals surface area contributed by atoms with E-state index < -0.39 is 11.6 Å². The fourth-order valence-corrected chi connectivity index (χ4v) is 2.95. The second-order valence-corrected chi connectivity index (χ2v) is 8.27. The molecular formula is C15H16F2N2OS2. The largest absolute Gasteiger partial charge is 0.301 e. The van der Waals surface area contributed by atoms with Crippen LogP contribution in [0.2, 0.25) is 0 Å². The molecule has 0 aliphatic rings. The summed E-state index contributed by atoms with van der Waals surface area (Å²) in [5, 5.41) is 4.63. The predicted molar refractivity (Wildman–Crippen MR) is 88.3 cm³/mol. The maximum absolute atomic E-state index is 13.7. The van der Waals surface area contributed by atoms with Gasteiger partial charge in [0.05, 0.1) is 11.4 Å². The lowest BCUT2D eigenvalue weighted by Crippen LogP contribution is -2.18. The molecule has 1 N–H and O–H groups in total. The molecule has 22 heavy (non-hydrogen) atoms. The molecule has 2 aromatic rings. The van der Waals surface area contributed by atoms with Crippen molar-refractivity contribution in [2.75, 3.05) is 11.1 Å². The molecule has 0 saturated carbocycles. The summed E-state index contributed by atoms with van der Waals surface area (Å²) in [6.45, 7) is 6.08. The number of hydrogen-bond donors (Lipinski definition) is 1. The van der Waals surface area contributed by atoms with E-state index in [-0.39, 0.29) is 16.2 Å². The summed E-state index contributed by atoms with van der Waals surface area (Å²) in [5.74, 6) is -0.933. The van der Waals surface area contributed by atoms with Crippen molar-refractivity contribution in [3.63, 3.8) is 0 Å². The maximum atomic E-state index is 13.7. The van der Waals surface area contributed by atoms with E-state index in [1.807, 2.05) is 20.8 Å². The van der Waals surface area contributed by atoms with Crippen molar-refractivity contribution in [2.24, 2.45) is 0 Å². The van der Waals surface area contributed by atoms with E-state index >= 15 is 0 Å². The zero-order valence-electron chi connectivity index (χ0n) is 12.4. The highest BCUT2D eigenvalue weighted by Gasteiger charge is 2.15. The van der Waals surface area contributed by atoms with Crippen molar-refractivity contribution in [2.45, 2.75) is 25.5 Å². The minimum Gasteiger partial charge on any atom is -0.301 e. The maximum Gasteiger partial charge on any atom is 0.236 e. The molecule has 0 saturated heterocycles. The van der Waals surface area contributed by atoms with E-state index in [1.54, 1.807) is 5.38 Å². The Labute approximate surface area is 136 Å². The first kappa shape index (κ1) is 16.9. The first-order chi connectivity index (χ1) is 10.2. The number of benzene rings is 1. The first-order valence-corrected chi connectivity index (χ1v) is 8.46. The standard InChI is InChI=1S/C15H16F2N2OS2/c1-15(2,3)22-8-13(20)19-14-18-12(7-21-14)10-6-9(16)4-5-11(10)17/h4-7H,8H2,1-3H3,(H,18,19,20). The number of thiazole rings is 1. The van der Waals surface area contributed by atoms with Gasteiger partial charge in [0.25, 0.3) is 0 Å². The summed E-state index contributed by atoms with van der Waals surface area (Å²) in [6, 6.07) is 3.20. The summed E-state index contributed by atoms with van der Waals surface area (Å²) in [7, 11) is 0. The smallest absolute Gasteiger partial charge is 0.236 e. The quantitative estimate of drug-likeness (QED) is 0.886. The number of nitrogens with zero attached hydrogens (tertiary/aromatic N) is 1. The molecule has 1 aromatic carbocycles. The number of thioether (sulfide) groups is 1. The number of rotatable bonds is 4.